The van der Waals surface area contributed by atoms with Gasteiger partial charge in [0, 0.05) is 0 Å². The van der Waals surface area contributed by atoms with Crippen molar-refractivity contribution < 1.29 is 13.2 Å². The van der Waals surface area contributed by atoms with E-state index in [0.29, 0.717) is 5.92 Å². The lowest BCUT2D eigenvalue weighted by Crippen LogP contribution is -2.14. The lowest BCUT2D eigenvalue weighted by atomic mass is 9.99. The molecule has 24 heavy (non-hydrogen) atoms. The summed E-state index contributed by atoms with van der Waals surface area (Å²) >= 11 is 5.94. The van der Waals surface area contributed by atoms with Crippen molar-refractivity contribution in [2.24, 2.45) is 5.73 Å². The van der Waals surface area contributed by atoms with Gasteiger partial charge in [-0.2, -0.15) is 0 Å². The molecule has 0 aliphatic heterocycles. The number of primary amides is 1. The predicted octanol–water partition coefficient (Wildman–Crippen LogP) is 3.75. The van der Waals surface area contributed by atoms with Crippen LogP contribution in [0.2, 0.25) is 5.02 Å². The van der Waals surface area contributed by atoms with Gasteiger partial charge in [0.15, 0.2) is 0 Å². The maximum atomic E-state index is 12.4. The Hall–Kier alpha value is -2.05. The molecular weight excluding hydrogens is 348 g/mol. The Morgan fingerprint density at radius 3 is 2.33 bits per heavy atom. The highest BCUT2D eigenvalue weighted by Gasteiger charge is 2.16. The van der Waals surface area contributed by atoms with E-state index in [4.69, 9.17) is 17.3 Å². The fourth-order valence-electron chi connectivity index (χ4n) is 2.20. The quantitative estimate of drug-likeness (QED) is 0.815. The number of nitrogens with two attached hydrogens (primary N) is 1. The number of nitrogens with one attached hydrogen (secondary N) is 1. The van der Waals surface area contributed by atoms with Crippen molar-refractivity contribution in [1.29, 1.82) is 0 Å². The van der Waals surface area contributed by atoms with Gasteiger partial charge in [-0.1, -0.05) is 37.6 Å². The Morgan fingerprint density at radius 1 is 1.21 bits per heavy atom. The Balaban J connectivity index is 2.25. The third-order valence-corrected chi connectivity index (χ3v) is 5.57. The zero-order valence-electron chi connectivity index (χ0n) is 13.4. The summed E-state index contributed by atoms with van der Waals surface area (Å²) in [6.07, 6.45) is 0.981. The number of hydrogen-bond acceptors (Lipinski definition) is 3. The van der Waals surface area contributed by atoms with Crippen LogP contribution in [0.3, 0.4) is 0 Å². The molecule has 128 valence electrons. The number of anilines is 1. The second kappa shape index (κ2) is 7.23. The SMILES string of the molecule is CCC(C)c1ccc(S(=O)(=O)Nc2ccc(C(N)=O)c(Cl)c2)cc1. The van der Waals surface area contributed by atoms with Crippen molar-refractivity contribution in [3.63, 3.8) is 0 Å². The van der Waals surface area contributed by atoms with Crippen molar-refractivity contribution in [1.82, 2.24) is 0 Å². The topological polar surface area (TPSA) is 89.3 Å². The molecule has 3 N–H and O–H groups in total. The van der Waals surface area contributed by atoms with Crippen LogP contribution >= 0.6 is 11.6 Å². The molecule has 2 aromatic carbocycles. The molecule has 0 radical (unpaired) electrons. The smallest absolute Gasteiger partial charge is 0.261 e. The molecular formula is C17H19ClN2O3S. The summed E-state index contributed by atoms with van der Waals surface area (Å²) in [7, 11) is -3.74. The van der Waals surface area contributed by atoms with E-state index in [1.807, 2.05) is 12.1 Å². The van der Waals surface area contributed by atoms with Gasteiger partial charge in [0.1, 0.15) is 0 Å². The Kier molecular flexibility index (Phi) is 5.51. The van der Waals surface area contributed by atoms with Gasteiger partial charge in [-0.05, 0) is 48.2 Å². The molecule has 0 heterocycles. The molecule has 0 saturated heterocycles. The third kappa shape index (κ3) is 4.07. The number of carbonyl (C=O) groups is 1. The monoisotopic (exact) mass is 366 g/mol. The summed E-state index contributed by atoms with van der Waals surface area (Å²) in [6.45, 7) is 4.17. The molecule has 2 rings (SSSR count). The van der Waals surface area contributed by atoms with E-state index >= 15 is 0 Å². The van der Waals surface area contributed by atoms with Gasteiger partial charge in [0.05, 0.1) is 21.2 Å². The van der Waals surface area contributed by atoms with Crippen molar-refractivity contribution in [3.05, 3.63) is 58.6 Å². The minimum atomic E-state index is -3.74. The third-order valence-electron chi connectivity index (χ3n) is 3.86. The zero-order chi connectivity index (χ0) is 17.9. The molecule has 0 aliphatic carbocycles. The van der Waals surface area contributed by atoms with E-state index in [9.17, 15) is 13.2 Å². The van der Waals surface area contributed by atoms with E-state index in [1.165, 1.54) is 18.2 Å². The van der Waals surface area contributed by atoms with Crippen LogP contribution in [0.15, 0.2) is 47.4 Å². The highest BCUT2D eigenvalue weighted by molar-refractivity contribution is 7.92. The van der Waals surface area contributed by atoms with Crippen LogP contribution < -0.4 is 10.5 Å². The Bertz CT molecular complexity index is 849. The van der Waals surface area contributed by atoms with Crippen LogP contribution in [0.1, 0.15) is 42.1 Å². The zero-order valence-corrected chi connectivity index (χ0v) is 15.0. The molecule has 7 heteroatoms. The summed E-state index contributed by atoms with van der Waals surface area (Å²) in [5, 5.41) is 0.0924. The normalized spacial score (nSPS) is 12.6. The first-order valence-corrected chi connectivity index (χ1v) is 9.33. The summed E-state index contributed by atoms with van der Waals surface area (Å²) < 4.78 is 27.3. The summed E-state index contributed by atoms with van der Waals surface area (Å²) in [5.41, 5.74) is 6.66. The van der Waals surface area contributed by atoms with Crippen LogP contribution in [-0.4, -0.2) is 14.3 Å². The average molecular weight is 367 g/mol. The molecule has 1 amide bonds. The number of amides is 1. The fraction of sp³-hybridized carbons (Fsp3) is 0.235. The second-order valence-corrected chi connectivity index (χ2v) is 7.63. The van der Waals surface area contributed by atoms with Gasteiger partial charge >= 0.3 is 0 Å². The maximum Gasteiger partial charge on any atom is 0.261 e. The van der Waals surface area contributed by atoms with E-state index in [1.54, 1.807) is 12.1 Å². The predicted molar refractivity (Wildman–Crippen MR) is 95.9 cm³/mol. The maximum absolute atomic E-state index is 12.4. The van der Waals surface area contributed by atoms with Gasteiger partial charge in [-0.15, -0.1) is 0 Å². The highest BCUT2D eigenvalue weighted by Crippen LogP contribution is 2.24. The first-order valence-electron chi connectivity index (χ1n) is 7.46. The largest absolute Gasteiger partial charge is 0.366 e. The van der Waals surface area contributed by atoms with E-state index in [-0.39, 0.29) is 21.2 Å². The van der Waals surface area contributed by atoms with Gasteiger partial charge in [0.2, 0.25) is 5.91 Å². The molecule has 0 spiro atoms. The summed E-state index contributed by atoms with van der Waals surface area (Å²) in [4.78, 5) is 11.3. The van der Waals surface area contributed by atoms with E-state index in [0.717, 1.165) is 12.0 Å². The lowest BCUT2D eigenvalue weighted by molar-refractivity contribution is 0.100. The van der Waals surface area contributed by atoms with Crippen LogP contribution in [0.4, 0.5) is 5.69 Å². The first kappa shape index (κ1) is 18.3. The van der Waals surface area contributed by atoms with Crippen LogP contribution in [0.25, 0.3) is 0 Å². The molecule has 0 saturated carbocycles. The van der Waals surface area contributed by atoms with E-state index < -0.39 is 15.9 Å². The van der Waals surface area contributed by atoms with Gasteiger partial charge < -0.3 is 5.73 Å². The first-order chi connectivity index (χ1) is 11.2. The molecule has 2 aromatic rings. The van der Waals surface area contributed by atoms with Crippen LogP contribution in [0.5, 0.6) is 0 Å². The van der Waals surface area contributed by atoms with Gasteiger partial charge in [0.25, 0.3) is 10.0 Å². The van der Waals surface area contributed by atoms with Gasteiger partial charge in [-0.25, -0.2) is 8.42 Å². The minimum absolute atomic E-state index is 0.0924. The number of sulfonamides is 1. The van der Waals surface area contributed by atoms with Crippen molar-refractivity contribution in [2.75, 3.05) is 4.72 Å². The fourth-order valence-corrected chi connectivity index (χ4v) is 3.53. The molecule has 0 aromatic heterocycles. The molecule has 1 atom stereocenters. The number of halogens is 1. The molecule has 0 fully saturated rings. The Morgan fingerprint density at radius 2 is 1.83 bits per heavy atom. The molecule has 0 aliphatic rings. The van der Waals surface area contributed by atoms with Crippen LogP contribution in [0, 0.1) is 0 Å². The van der Waals surface area contributed by atoms with Crippen molar-refractivity contribution >= 4 is 33.2 Å². The van der Waals surface area contributed by atoms with Crippen molar-refractivity contribution in [3.8, 4) is 0 Å². The van der Waals surface area contributed by atoms with Crippen molar-refractivity contribution in [2.45, 2.75) is 31.1 Å². The van der Waals surface area contributed by atoms with Gasteiger partial charge in [-0.3, -0.25) is 9.52 Å². The Labute approximate surface area is 146 Å². The number of carbonyl (C=O) groups excluding carboxylic acids is 1. The second-order valence-electron chi connectivity index (χ2n) is 5.54. The molecule has 5 nitrogen and oxygen atoms in total. The average Bonchev–Trinajstić information content (AvgIpc) is 2.53. The lowest BCUT2D eigenvalue weighted by Gasteiger charge is -2.12. The minimum Gasteiger partial charge on any atom is -0.366 e. The number of benzene rings is 2. The highest BCUT2D eigenvalue weighted by atomic mass is 35.5. The van der Waals surface area contributed by atoms with Crippen LogP contribution in [-0.2, 0) is 10.0 Å². The summed E-state index contributed by atoms with van der Waals surface area (Å²) in [5.74, 6) is -0.301. The summed E-state index contributed by atoms with van der Waals surface area (Å²) in [6, 6.07) is 10.9. The molecule has 1 unspecified atom stereocenters. The number of rotatable bonds is 6. The molecule has 0 bridgehead atoms. The number of hydrogen-bond donors (Lipinski definition) is 2. The standard InChI is InChI=1S/C17H19ClN2O3S/c1-3-11(2)12-4-7-14(8-5-12)24(22,23)20-13-6-9-15(17(19)21)16(18)10-13/h4-11,20H,3H2,1-2H3,(H2,19,21). The van der Waals surface area contributed by atoms with E-state index in [2.05, 4.69) is 18.6 Å².